The van der Waals surface area contributed by atoms with Gasteiger partial charge in [-0.3, -0.25) is 9.88 Å². The van der Waals surface area contributed by atoms with Gasteiger partial charge in [0.15, 0.2) is 0 Å². The van der Waals surface area contributed by atoms with Crippen molar-refractivity contribution in [3.63, 3.8) is 0 Å². The fourth-order valence-corrected chi connectivity index (χ4v) is 4.35. The van der Waals surface area contributed by atoms with Crippen LogP contribution >= 0.6 is 11.6 Å². The lowest BCUT2D eigenvalue weighted by atomic mass is 10.0. The van der Waals surface area contributed by atoms with Crippen molar-refractivity contribution in [3.05, 3.63) is 59.2 Å². The first-order chi connectivity index (χ1) is 15.1. The molecule has 1 N–H and O–H groups in total. The van der Waals surface area contributed by atoms with Crippen LogP contribution in [0.1, 0.15) is 32.3 Å². The molecule has 0 radical (unpaired) electrons. The quantitative estimate of drug-likeness (QED) is 0.483. The number of halogens is 1. The Kier molecular flexibility index (Phi) is 7.15. The Morgan fingerprint density at radius 2 is 1.71 bits per heavy atom. The summed E-state index contributed by atoms with van der Waals surface area (Å²) >= 11 is 6.12. The zero-order chi connectivity index (χ0) is 21.6. The summed E-state index contributed by atoms with van der Waals surface area (Å²) in [7, 11) is 0. The van der Waals surface area contributed by atoms with Crippen molar-refractivity contribution in [1.82, 2.24) is 9.88 Å². The number of benzene rings is 2. The number of anilines is 1. The van der Waals surface area contributed by atoms with Crippen LogP contribution in [0.2, 0.25) is 5.02 Å². The molecule has 0 saturated carbocycles. The summed E-state index contributed by atoms with van der Waals surface area (Å²) in [4.78, 5) is 6.95. The maximum Gasteiger partial charge on any atom is 0.123 e. The van der Waals surface area contributed by atoms with Crippen LogP contribution in [0.3, 0.4) is 0 Å². The number of ether oxygens (including phenoxy) is 2. The largest absolute Gasteiger partial charge is 0.494 e. The topological polar surface area (TPSA) is 46.6 Å². The molecule has 0 aliphatic carbocycles. The SMILES string of the molecule is CCOc1cc(CN2CCC(Nc3ccnc4cc(Cl)ccc34)CC2)cc(OCC)c1. The van der Waals surface area contributed by atoms with E-state index in [1.54, 1.807) is 0 Å². The number of nitrogens with zero attached hydrogens (tertiary/aromatic N) is 2. The molecule has 3 aromatic rings. The summed E-state index contributed by atoms with van der Waals surface area (Å²) in [6.45, 7) is 8.33. The highest BCUT2D eigenvalue weighted by atomic mass is 35.5. The zero-order valence-corrected chi connectivity index (χ0v) is 19.0. The van der Waals surface area contributed by atoms with Crippen molar-refractivity contribution < 1.29 is 9.47 Å². The number of hydrogen-bond donors (Lipinski definition) is 1. The minimum Gasteiger partial charge on any atom is -0.494 e. The van der Waals surface area contributed by atoms with Crippen LogP contribution in [0.4, 0.5) is 5.69 Å². The molecule has 1 aromatic heterocycles. The van der Waals surface area contributed by atoms with E-state index in [9.17, 15) is 0 Å². The van der Waals surface area contributed by atoms with E-state index < -0.39 is 0 Å². The fourth-order valence-electron chi connectivity index (χ4n) is 4.18. The van der Waals surface area contributed by atoms with Gasteiger partial charge in [-0.05, 0) is 68.7 Å². The third-order valence-electron chi connectivity index (χ3n) is 5.62. The van der Waals surface area contributed by atoms with Crippen molar-refractivity contribution in [2.24, 2.45) is 0 Å². The Morgan fingerprint density at radius 3 is 2.39 bits per heavy atom. The predicted octanol–water partition coefficient (Wildman–Crippen LogP) is 5.76. The van der Waals surface area contributed by atoms with Gasteiger partial charge >= 0.3 is 0 Å². The van der Waals surface area contributed by atoms with E-state index in [1.165, 1.54) is 5.56 Å². The molecule has 1 aliphatic rings. The second-order valence-corrected chi connectivity index (χ2v) is 8.33. The molecule has 1 aliphatic heterocycles. The van der Waals surface area contributed by atoms with Crippen LogP contribution in [-0.4, -0.2) is 42.2 Å². The third-order valence-corrected chi connectivity index (χ3v) is 5.86. The normalized spacial score (nSPS) is 15.2. The number of aromatic nitrogens is 1. The standard InChI is InChI=1S/C25H30ClN3O2/c1-3-30-21-13-18(14-22(16-21)31-4-2)17-29-11-8-20(9-12-29)28-24-7-10-27-25-15-19(26)5-6-23(24)25/h5-7,10,13-16,20H,3-4,8-9,11-12,17H2,1-2H3,(H,27,28). The van der Waals surface area contributed by atoms with Crippen molar-refractivity contribution in [2.75, 3.05) is 31.6 Å². The summed E-state index contributed by atoms with van der Waals surface area (Å²) in [6, 6.07) is 14.6. The van der Waals surface area contributed by atoms with Crippen LogP contribution in [0.15, 0.2) is 48.7 Å². The van der Waals surface area contributed by atoms with Gasteiger partial charge in [0, 0.05) is 54.0 Å². The van der Waals surface area contributed by atoms with Crippen molar-refractivity contribution in [3.8, 4) is 11.5 Å². The van der Waals surface area contributed by atoms with E-state index in [2.05, 4.69) is 33.4 Å². The van der Waals surface area contributed by atoms with Crippen molar-refractivity contribution >= 4 is 28.2 Å². The molecule has 2 heterocycles. The van der Waals surface area contributed by atoms with E-state index in [0.29, 0.717) is 24.3 Å². The van der Waals surface area contributed by atoms with E-state index >= 15 is 0 Å². The molecule has 0 atom stereocenters. The van der Waals surface area contributed by atoms with Gasteiger partial charge in [-0.2, -0.15) is 0 Å². The monoisotopic (exact) mass is 439 g/mol. The van der Waals surface area contributed by atoms with Gasteiger partial charge < -0.3 is 14.8 Å². The zero-order valence-electron chi connectivity index (χ0n) is 18.2. The van der Waals surface area contributed by atoms with Crippen LogP contribution in [0.25, 0.3) is 10.9 Å². The molecule has 4 rings (SSSR count). The number of hydrogen-bond acceptors (Lipinski definition) is 5. The highest BCUT2D eigenvalue weighted by Gasteiger charge is 2.20. The molecule has 164 valence electrons. The highest BCUT2D eigenvalue weighted by Crippen LogP contribution is 2.28. The van der Waals surface area contributed by atoms with E-state index in [1.807, 2.05) is 44.3 Å². The summed E-state index contributed by atoms with van der Waals surface area (Å²) in [5.41, 5.74) is 3.29. The first-order valence-corrected chi connectivity index (χ1v) is 11.4. The summed E-state index contributed by atoms with van der Waals surface area (Å²) in [5, 5.41) is 5.56. The number of piperidine rings is 1. The molecular formula is C25H30ClN3O2. The van der Waals surface area contributed by atoms with Gasteiger partial charge in [-0.1, -0.05) is 11.6 Å². The number of pyridine rings is 1. The molecule has 5 nitrogen and oxygen atoms in total. The Hall–Kier alpha value is -2.50. The summed E-state index contributed by atoms with van der Waals surface area (Å²) in [6.07, 6.45) is 4.04. The molecule has 1 fully saturated rings. The molecule has 0 unspecified atom stereocenters. The fraction of sp³-hybridized carbons (Fsp3) is 0.400. The third kappa shape index (κ3) is 5.60. The van der Waals surface area contributed by atoms with E-state index in [4.69, 9.17) is 21.1 Å². The second-order valence-electron chi connectivity index (χ2n) is 7.89. The minimum atomic E-state index is 0.450. The predicted molar refractivity (Wildman–Crippen MR) is 127 cm³/mol. The van der Waals surface area contributed by atoms with E-state index in [-0.39, 0.29) is 0 Å². The maximum absolute atomic E-state index is 6.12. The van der Waals surface area contributed by atoms with Gasteiger partial charge in [-0.25, -0.2) is 0 Å². The Morgan fingerprint density at radius 1 is 1.00 bits per heavy atom. The van der Waals surface area contributed by atoms with E-state index in [0.717, 1.165) is 60.6 Å². The minimum absolute atomic E-state index is 0.450. The van der Waals surface area contributed by atoms with Crippen molar-refractivity contribution in [2.45, 2.75) is 39.3 Å². The lowest BCUT2D eigenvalue weighted by Gasteiger charge is -2.33. The molecular weight excluding hydrogens is 410 g/mol. The molecule has 2 aromatic carbocycles. The Bertz CT molecular complexity index is 995. The number of likely N-dealkylation sites (tertiary alicyclic amines) is 1. The van der Waals surface area contributed by atoms with Gasteiger partial charge in [0.25, 0.3) is 0 Å². The van der Waals surface area contributed by atoms with Crippen LogP contribution in [0.5, 0.6) is 11.5 Å². The van der Waals surface area contributed by atoms with Crippen LogP contribution < -0.4 is 14.8 Å². The number of rotatable bonds is 8. The lowest BCUT2D eigenvalue weighted by molar-refractivity contribution is 0.210. The molecule has 1 saturated heterocycles. The highest BCUT2D eigenvalue weighted by molar-refractivity contribution is 6.31. The Balaban J connectivity index is 1.37. The van der Waals surface area contributed by atoms with Gasteiger partial charge in [0.2, 0.25) is 0 Å². The average molecular weight is 440 g/mol. The number of nitrogens with one attached hydrogen (secondary N) is 1. The number of fused-ring (bicyclic) bond motifs is 1. The smallest absolute Gasteiger partial charge is 0.123 e. The molecule has 0 amide bonds. The van der Waals surface area contributed by atoms with Crippen LogP contribution in [-0.2, 0) is 6.54 Å². The van der Waals surface area contributed by atoms with Crippen LogP contribution in [0, 0.1) is 0 Å². The summed E-state index contributed by atoms with van der Waals surface area (Å²) in [5.74, 6) is 1.76. The second kappa shape index (κ2) is 10.2. The van der Waals surface area contributed by atoms with Gasteiger partial charge in [-0.15, -0.1) is 0 Å². The summed E-state index contributed by atoms with van der Waals surface area (Å²) < 4.78 is 11.5. The molecule has 6 heteroatoms. The first kappa shape index (κ1) is 21.7. The molecule has 0 bridgehead atoms. The first-order valence-electron chi connectivity index (χ1n) is 11.1. The van der Waals surface area contributed by atoms with Gasteiger partial charge in [0.05, 0.1) is 18.7 Å². The maximum atomic E-state index is 6.12. The molecule has 31 heavy (non-hydrogen) atoms. The average Bonchev–Trinajstić information content (AvgIpc) is 2.75. The lowest BCUT2D eigenvalue weighted by Crippen LogP contribution is -2.38. The Labute approximate surface area is 189 Å². The van der Waals surface area contributed by atoms with Crippen molar-refractivity contribution in [1.29, 1.82) is 0 Å². The van der Waals surface area contributed by atoms with Gasteiger partial charge in [0.1, 0.15) is 11.5 Å². The molecule has 0 spiro atoms.